The Balaban J connectivity index is 1.28. The van der Waals surface area contributed by atoms with Gasteiger partial charge in [-0.05, 0) is 36.2 Å². The highest BCUT2D eigenvalue weighted by Gasteiger charge is 2.41. The molecular formula is C30H35F3N6O3S2. The van der Waals surface area contributed by atoms with Crippen molar-refractivity contribution in [2.45, 2.75) is 36.5 Å². The molecule has 2 fully saturated rings. The highest BCUT2D eigenvalue weighted by molar-refractivity contribution is 7.99. The van der Waals surface area contributed by atoms with Gasteiger partial charge in [-0.15, -0.1) is 23.1 Å². The number of hydrogen-bond acceptors (Lipinski definition) is 10. The molecule has 3 aliphatic heterocycles. The second-order valence-corrected chi connectivity index (χ2v) is 13.2. The molecule has 14 heteroatoms. The summed E-state index contributed by atoms with van der Waals surface area (Å²) in [4.78, 5) is 29.1. The molecule has 236 valence electrons. The Hall–Kier alpha value is -2.91. The lowest BCUT2D eigenvalue weighted by atomic mass is 10.0. The number of methoxy groups -OCH3 is 1. The molecule has 0 bridgehead atoms. The van der Waals surface area contributed by atoms with Gasteiger partial charge in [-0.1, -0.05) is 6.92 Å². The van der Waals surface area contributed by atoms with Gasteiger partial charge in [0.15, 0.2) is 0 Å². The number of anilines is 3. The quantitative estimate of drug-likeness (QED) is 0.353. The monoisotopic (exact) mass is 648 g/mol. The molecule has 3 aromatic rings. The van der Waals surface area contributed by atoms with E-state index in [-0.39, 0.29) is 28.5 Å². The molecule has 44 heavy (non-hydrogen) atoms. The van der Waals surface area contributed by atoms with E-state index in [0.29, 0.717) is 54.4 Å². The van der Waals surface area contributed by atoms with Crippen LogP contribution in [0.1, 0.15) is 27.7 Å². The van der Waals surface area contributed by atoms with Crippen LogP contribution in [0.2, 0.25) is 0 Å². The number of amides is 1. The van der Waals surface area contributed by atoms with Gasteiger partial charge in [-0.25, -0.2) is 9.97 Å². The summed E-state index contributed by atoms with van der Waals surface area (Å²) in [6.07, 6.45) is -3.14. The molecule has 6 rings (SSSR count). The summed E-state index contributed by atoms with van der Waals surface area (Å²) < 4.78 is 53.5. The minimum Gasteiger partial charge on any atom is -0.383 e. The third kappa shape index (κ3) is 6.14. The number of nitrogens with one attached hydrogen (secondary N) is 1. The second kappa shape index (κ2) is 12.8. The minimum atomic E-state index is -4.66. The van der Waals surface area contributed by atoms with E-state index in [1.54, 1.807) is 25.1 Å². The van der Waals surface area contributed by atoms with Gasteiger partial charge in [0.1, 0.15) is 10.4 Å². The number of halogens is 3. The largest absolute Gasteiger partial charge is 0.420 e. The zero-order chi connectivity index (χ0) is 31.0. The number of hydrogen-bond donors (Lipinski definition) is 1. The standard InChI is InChI=1S/C30H35F3N6O3S2/c1-4-18-13-19(39-8-7-38(9-11-41-3)22-16-42-17-23(22)39)5-6-21(18)35-29-34-15-20(30(31,32)33)26(36-29)24-14-25-27(44-24)28(40)37(2)10-12-43-25/h5-6,13-15,22-23H,4,7-12,16-17H2,1-3H3,(H,34,35,36). The molecule has 2 unspecified atom stereocenters. The topological polar surface area (TPSA) is 83.1 Å². The molecule has 1 amide bonds. The molecule has 9 nitrogen and oxygen atoms in total. The molecule has 2 atom stereocenters. The lowest BCUT2D eigenvalue weighted by Crippen LogP contribution is -2.59. The van der Waals surface area contributed by atoms with E-state index in [4.69, 9.17) is 9.47 Å². The Bertz CT molecular complexity index is 1520. The van der Waals surface area contributed by atoms with Crippen molar-refractivity contribution in [1.29, 1.82) is 0 Å². The van der Waals surface area contributed by atoms with Crippen molar-refractivity contribution in [2.24, 2.45) is 0 Å². The number of fused-ring (bicyclic) bond motifs is 2. The number of rotatable bonds is 8. The molecule has 0 spiro atoms. The maximum Gasteiger partial charge on any atom is 0.420 e. The highest BCUT2D eigenvalue weighted by atomic mass is 32.2. The summed E-state index contributed by atoms with van der Waals surface area (Å²) >= 11 is 2.51. The van der Waals surface area contributed by atoms with Crippen LogP contribution in [0.15, 0.2) is 35.4 Å². The number of ether oxygens (including phenoxy) is 2. The Morgan fingerprint density at radius 2 is 1.98 bits per heavy atom. The van der Waals surface area contributed by atoms with Gasteiger partial charge in [0.05, 0.1) is 42.5 Å². The van der Waals surface area contributed by atoms with E-state index in [9.17, 15) is 18.0 Å². The molecule has 2 aromatic heterocycles. The number of carbonyl (C=O) groups is 1. The fourth-order valence-electron chi connectivity index (χ4n) is 6.00. The number of piperazine rings is 1. The maximum absolute atomic E-state index is 14.1. The molecule has 0 saturated carbocycles. The summed E-state index contributed by atoms with van der Waals surface area (Å²) in [5.41, 5.74) is 1.64. The summed E-state index contributed by atoms with van der Waals surface area (Å²) in [5.74, 6) is 0.537. The zero-order valence-electron chi connectivity index (χ0n) is 24.8. The third-order valence-corrected chi connectivity index (χ3v) is 10.7. The van der Waals surface area contributed by atoms with Gasteiger partial charge in [-0.2, -0.15) is 13.2 Å². The fraction of sp³-hybridized carbons (Fsp3) is 0.500. The van der Waals surface area contributed by atoms with E-state index in [1.807, 2.05) is 19.1 Å². The summed E-state index contributed by atoms with van der Waals surface area (Å²) in [6, 6.07) is 8.27. The predicted octanol–water partition coefficient (Wildman–Crippen LogP) is 5.24. The van der Waals surface area contributed by atoms with Crippen LogP contribution in [0.25, 0.3) is 10.6 Å². The Labute approximate surface area is 262 Å². The number of aromatic nitrogens is 2. The first-order valence-corrected chi connectivity index (χ1v) is 16.4. The average molecular weight is 649 g/mol. The second-order valence-electron chi connectivity index (χ2n) is 11.0. The van der Waals surface area contributed by atoms with Crippen LogP contribution in [0.5, 0.6) is 0 Å². The van der Waals surface area contributed by atoms with Crippen molar-refractivity contribution < 1.29 is 27.4 Å². The van der Waals surface area contributed by atoms with Gasteiger partial charge in [0.25, 0.3) is 5.91 Å². The Morgan fingerprint density at radius 1 is 1.16 bits per heavy atom. The van der Waals surface area contributed by atoms with E-state index >= 15 is 0 Å². The van der Waals surface area contributed by atoms with Crippen molar-refractivity contribution in [2.75, 3.05) is 76.1 Å². The van der Waals surface area contributed by atoms with E-state index in [0.717, 1.165) is 54.1 Å². The predicted molar refractivity (Wildman–Crippen MR) is 166 cm³/mol. The van der Waals surface area contributed by atoms with Crippen molar-refractivity contribution in [1.82, 2.24) is 19.8 Å². The molecule has 3 aliphatic rings. The van der Waals surface area contributed by atoms with Gasteiger partial charge in [0.2, 0.25) is 5.95 Å². The number of thiophene rings is 1. The van der Waals surface area contributed by atoms with Crippen LogP contribution in [-0.2, 0) is 22.1 Å². The van der Waals surface area contributed by atoms with Gasteiger partial charge in [-0.3, -0.25) is 9.69 Å². The highest BCUT2D eigenvalue weighted by Crippen LogP contribution is 2.43. The maximum atomic E-state index is 14.1. The van der Waals surface area contributed by atoms with Crippen LogP contribution in [-0.4, -0.2) is 104 Å². The fourth-order valence-corrected chi connectivity index (χ4v) is 8.43. The first kappa shape index (κ1) is 31.1. The number of aryl methyl sites for hydroxylation is 1. The Kier molecular flexibility index (Phi) is 9.07. The van der Waals surface area contributed by atoms with E-state index in [2.05, 4.69) is 31.2 Å². The first-order chi connectivity index (χ1) is 21.2. The smallest absolute Gasteiger partial charge is 0.383 e. The molecule has 0 aliphatic carbocycles. The van der Waals surface area contributed by atoms with Gasteiger partial charge in [0, 0.05) is 68.6 Å². The number of alkyl halides is 3. The molecule has 2 saturated heterocycles. The number of benzene rings is 1. The summed E-state index contributed by atoms with van der Waals surface area (Å²) in [5, 5.41) is 3.18. The minimum absolute atomic E-state index is 0.0613. The number of thioether (sulfide) groups is 1. The third-order valence-electron chi connectivity index (χ3n) is 8.40. The number of carbonyl (C=O) groups excluding carboxylic acids is 1. The molecule has 0 radical (unpaired) electrons. The van der Waals surface area contributed by atoms with Crippen LogP contribution < -0.4 is 10.2 Å². The van der Waals surface area contributed by atoms with E-state index < -0.39 is 11.7 Å². The van der Waals surface area contributed by atoms with Crippen molar-refractivity contribution in [3.63, 3.8) is 0 Å². The molecular weight excluding hydrogens is 613 g/mol. The SMILES string of the molecule is CCc1cc(N2CCN(CCOC)C3COCC32)ccc1Nc1ncc(C(F)(F)F)c(-c2cc3c(s2)C(=O)N(C)CCS3)n1. The van der Waals surface area contributed by atoms with E-state index in [1.165, 1.54) is 11.8 Å². The first-order valence-electron chi connectivity index (χ1n) is 14.6. The van der Waals surface area contributed by atoms with Crippen LogP contribution >= 0.6 is 23.1 Å². The summed E-state index contributed by atoms with van der Waals surface area (Å²) in [7, 11) is 3.41. The van der Waals surface area contributed by atoms with Crippen molar-refractivity contribution in [3.05, 3.63) is 46.5 Å². The van der Waals surface area contributed by atoms with Crippen LogP contribution in [0.4, 0.5) is 30.5 Å². The normalized spacial score (nSPS) is 20.9. The zero-order valence-corrected chi connectivity index (χ0v) is 26.4. The van der Waals surface area contributed by atoms with Gasteiger partial charge >= 0.3 is 6.18 Å². The molecule has 5 heterocycles. The number of nitrogens with zero attached hydrogens (tertiary/aromatic N) is 5. The van der Waals surface area contributed by atoms with Crippen LogP contribution in [0.3, 0.4) is 0 Å². The van der Waals surface area contributed by atoms with Crippen molar-refractivity contribution >= 4 is 46.3 Å². The average Bonchev–Trinajstić information content (AvgIpc) is 3.65. The lowest BCUT2D eigenvalue weighted by molar-refractivity contribution is -0.137. The van der Waals surface area contributed by atoms with Crippen molar-refractivity contribution in [3.8, 4) is 10.6 Å². The van der Waals surface area contributed by atoms with Gasteiger partial charge < -0.3 is 24.6 Å². The Morgan fingerprint density at radius 3 is 2.75 bits per heavy atom. The summed E-state index contributed by atoms with van der Waals surface area (Å²) in [6.45, 7) is 7.28. The lowest BCUT2D eigenvalue weighted by Gasteiger charge is -2.44. The molecule has 1 N–H and O–H groups in total. The van der Waals surface area contributed by atoms with Crippen LogP contribution in [0, 0.1) is 0 Å². The molecule has 1 aromatic carbocycles.